The van der Waals surface area contributed by atoms with Crippen LogP contribution >= 0.6 is 0 Å². The lowest BCUT2D eigenvalue weighted by Gasteiger charge is -2.06. The highest BCUT2D eigenvalue weighted by Gasteiger charge is 2.19. The van der Waals surface area contributed by atoms with E-state index in [0.29, 0.717) is 17.3 Å². The Hall–Kier alpha value is -3.93. The first-order valence-corrected chi connectivity index (χ1v) is 9.19. The number of carbonyl (C=O) groups is 1. The van der Waals surface area contributed by atoms with Gasteiger partial charge in [0.15, 0.2) is 5.82 Å². The van der Waals surface area contributed by atoms with Crippen molar-refractivity contribution in [1.82, 2.24) is 14.8 Å². The van der Waals surface area contributed by atoms with Gasteiger partial charge in [0.25, 0.3) is 5.91 Å². The van der Waals surface area contributed by atoms with Crippen LogP contribution in [0.2, 0.25) is 0 Å². The van der Waals surface area contributed by atoms with Gasteiger partial charge in [-0.1, -0.05) is 48.0 Å². The molecule has 0 unspecified atom stereocenters. The Morgan fingerprint density at radius 3 is 2.52 bits per heavy atom. The predicted octanol–water partition coefficient (Wildman–Crippen LogP) is 4.50. The number of para-hydroxylation sites is 1. The van der Waals surface area contributed by atoms with Crippen LogP contribution in [-0.4, -0.2) is 27.8 Å². The van der Waals surface area contributed by atoms with Crippen molar-refractivity contribution in [1.29, 1.82) is 0 Å². The minimum absolute atomic E-state index is 0.0909. The minimum atomic E-state index is -0.387. The molecule has 0 aliphatic heterocycles. The standard InChI is InChI=1S/C23H20N4O2/c1-16-8-6-9-17(14-16)22-25-21(26-27(22)19-11-4-3-5-12-19)23(28)24-18-10-7-13-20(15-18)29-2/h3-15H,1-2H3,(H,24,28). The van der Waals surface area contributed by atoms with Crippen molar-refractivity contribution in [3.8, 4) is 22.8 Å². The molecule has 0 radical (unpaired) electrons. The van der Waals surface area contributed by atoms with E-state index in [-0.39, 0.29) is 11.7 Å². The average Bonchev–Trinajstić information content (AvgIpc) is 3.20. The van der Waals surface area contributed by atoms with Crippen molar-refractivity contribution < 1.29 is 9.53 Å². The number of rotatable bonds is 5. The zero-order chi connectivity index (χ0) is 20.2. The quantitative estimate of drug-likeness (QED) is 0.550. The third-order valence-electron chi connectivity index (χ3n) is 4.41. The van der Waals surface area contributed by atoms with E-state index in [4.69, 9.17) is 4.74 Å². The third-order valence-corrected chi connectivity index (χ3v) is 4.41. The third kappa shape index (κ3) is 4.01. The zero-order valence-electron chi connectivity index (χ0n) is 16.2. The molecule has 1 amide bonds. The molecule has 6 nitrogen and oxygen atoms in total. The maximum atomic E-state index is 12.8. The highest BCUT2D eigenvalue weighted by atomic mass is 16.5. The fraction of sp³-hybridized carbons (Fsp3) is 0.0870. The highest BCUT2D eigenvalue weighted by Crippen LogP contribution is 2.23. The summed E-state index contributed by atoms with van der Waals surface area (Å²) in [4.78, 5) is 17.4. The average molecular weight is 384 g/mol. The monoisotopic (exact) mass is 384 g/mol. The summed E-state index contributed by atoms with van der Waals surface area (Å²) in [6.07, 6.45) is 0. The van der Waals surface area contributed by atoms with Crippen molar-refractivity contribution in [3.05, 3.63) is 90.3 Å². The maximum Gasteiger partial charge on any atom is 0.295 e. The molecule has 144 valence electrons. The van der Waals surface area contributed by atoms with E-state index in [2.05, 4.69) is 15.4 Å². The van der Waals surface area contributed by atoms with Crippen LogP contribution in [0.3, 0.4) is 0 Å². The van der Waals surface area contributed by atoms with E-state index in [9.17, 15) is 4.79 Å². The van der Waals surface area contributed by atoms with Crippen LogP contribution in [0.25, 0.3) is 17.1 Å². The first-order valence-electron chi connectivity index (χ1n) is 9.19. The van der Waals surface area contributed by atoms with Gasteiger partial charge in [0, 0.05) is 17.3 Å². The van der Waals surface area contributed by atoms with Gasteiger partial charge in [0.2, 0.25) is 5.82 Å². The van der Waals surface area contributed by atoms with Crippen LogP contribution in [0.15, 0.2) is 78.9 Å². The molecule has 4 rings (SSSR count). The number of carbonyl (C=O) groups excluding carboxylic acids is 1. The van der Waals surface area contributed by atoms with Gasteiger partial charge in [-0.3, -0.25) is 4.79 Å². The largest absolute Gasteiger partial charge is 0.497 e. The maximum absolute atomic E-state index is 12.8. The van der Waals surface area contributed by atoms with Crippen molar-refractivity contribution in [2.24, 2.45) is 0 Å². The number of aryl methyl sites for hydroxylation is 1. The number of methoxy groups -OCH3 is 1. The summed E-state index contributed by atoms with van der Waals surface area (Å²) in [6.45, 7) is 2.02. The summed E-state index contributed by atoms with van der Waals surface area (Å²) in [6, 6.07) is 24.8. The predicted molar refractivity (Wildman–Crippen MR) is 112 cm³/mol. The first-order chi connectivity index (χ1) is 14.1. The van der Waals surface area contributed by atoms with Gasteiger partial charge in [0.1, 0.15) is 5.75 Å². The number of aromatic nitrogens is 3. The van der Waals surface area contributed by atoms with E-state index >= 15 is 0 Å². The lowest BCUT2D eigenvalue weighted by molar-refractivity contribution is 0.101. The van der Waals surface area contributed by atoms with Gasteiger partial charge in [-0.25, -0.2) is 9.67 Å². The fourth-order valence-corrected chi connectivity index (χ4v) is 3.02. The molecule has 6 heteroatoms. The van der Waals surface area contributed by atoms with Gasteiger partial charge in [-0.2, -0.15) is 0 Å². The molecule has 3 aromatic carbocycles. The Morgan fingerprint density at radius 1 is 0.966 bits per heavy atom. The minimum Gasteiger partial charge on any atom is -0.497 e. The summed E-state index contributed by atoms with van der Waals surface area (Å²) >= 11 is 0. The van der Waals surface area contributed by atoms with E-state index in [1.165, 1.54) is 0 Å². The Balaban J connectivity index is 1.73. The van der Waals surface area contributed by atoms with Crippen LogP contribution in [0.1, 0.15) is 16.2 Å². The molecular weight excluding hydrogens is 364 g/mol. The molecule has 0 atom stereocenters. The molecule has 0 bridgehead atoms. The number of benzene rings is 3. The Morgan fingerprint density at radius 2 is 1.76 bits per heavy atom. The number of hydrogen-bond acceptors (Lipinski definition) is 4. The lowest BCUT2D eigenvalue weighted by atomic mass is 10.1. The Bertz CT molecular complexity index is 1150. The van der Waals surface area contributed by atoms with Crippen molar-refractivity contribution >= 4 is 11.6 Å². The lowest BCUT2D eigenvalue weighted by Crippen LogP contribution is -2.14. The second-order valence-corrected chi connectivity index (χ2v) is 6.56. The topological polar surface area (TPSA) is 69.0 Å². The van der Waals surface area contributed by atoms with Crippen LogP contribution in [-0.2, 0) is 0 Å². The van der Waals surface area contributed by atoms with Crippen molar-refractivity contribution in [3.63, 3.8) is 0 Å². The number of hydrogen-bond donors (Lipinski definition) is 1. The molecule has 1 aromatic heterocycles. The molecule has 0 saturated heterocycles. The molecule has 0 fully saturated rings. The number of amides is 1. The molecule has 0 saturated carbocycles. The number of ether oxygens (including phenoxy) is 1. The smallest absolute Gasteiger partial charge is 0.295 e. The van der Waals surface area contributed by atoms with Crippen LogP contribution in [0, 0.1) is 6.92 Å². The summed E-state index contributed by atoms with van der Waals surface area (Å²) in [5.74, 6) is 0.969. The zero-order valence-corrected chi connectivity index (χ0v) is 16.2. The molecule has 0 aliphatic rings. The van der Waals surface area contributed by atoms with Crippen molar-refractivity contribution in [2.75, 3.05) is 12.4 Å². The summed E-state index contributed by atoms with van der Waals surface area (Å²) < 4.78 is 6.90. The van der Waals surface area contributed by atoms with Gasteiger partial charge in [-0.05, 0) is 37.3 Å². The number of nitrogens with one attached hydrogen (secondary N) is 1. The van der Waals surface area contributed by atoms with Crippen LogP contribution in [0.4, 0.5) is 5.69 Å². The van der Waals surface area contributed by atoms with Crippen molar-refractivity contribution in [2.45, 2.75) is 6.92 Å². The first kappa shape index (κ1) is 18.4. The Labute approximate surface area is 168 Å². The highest BCUT2D eigenvalue weighted by molar-refractivity contribution is 6.02. The summed E-state index contributed by atoms with van der Waals surface area (Å²) in [7, 11) is 1.58. The second kappa shape index (κ2) is 7.98. The molecular formula is C23H20N4O2. The normalized spacial score (nSPS) is 10.6. The Kier molecular flexibility index (Phi) is 5.07. The van der Waals surface area contributed by atoms with Gasteiger partial charge in [0.05, 0.1) is 12.8 Å². The van der Waals surface area contributed by atoms with Crippen LogP contribution < -0.4 is 10.1 Å². The summed E-state index contributed by atoms with van der Waals surface area (Å²) in [5.41, 5.74) is 3.44. The molecule has 1 N–H and O–H groups in total. The fourth-order valence-electron chi connectivity index (χ4n) is 3.02. The van der Waals surface area contributed by atoms with Gasteiger partial charge in [-0.15, -0.1) is 5.10 Å². The van der Waals surface area contributed by atoms with Crippen LogP contribution in [0.5, 0.6) is 5.75 Å². The number of nitrogens with zero attached hydrogens (tertiary/aromatic N) is 3. The summed E-state index contributed by atoms with van der Waals surface area (Å²) in [5, 5.41) is 7.32. The SMILES string of the molecule is COc1cccc(NC(=O)c2nc(-c3cccc(C)c3)n(-c3ccccc3)n2)c1. The van der Waals surface area contributed by atoms with Gasteiger partial charge < -0.3 is 10.1 Å². The number of anilines is 1. The molecule has 29 heavy (non-hydrogen) atoms. The van der Waals surface area contributed by atoms with Gasteiger partial charge >= 0.3 is 0 Å². The molecule has 0 aliphatic carbocycles. The van der Waals surface area contributed by atoms with E-state index in [1.807, 2.05) is 73.7 Å². The molecule has 0 spiro atoms. The second-order valence-electron chi connectivity index (χ2n) is 6.56. The van der Waals surface area contributed by atoms with E-state index in [1.54, 1.807) is 23.9 Å². The molecule has 4 aromatic rings. The molecule has 1 heterocycles. The van der Waals surface area contributed by atoms with E-state index < -0.39 is 0 Å². The van der Waals surface area contributed by atoms with E-state index in [0.717, 1.165) is 16.8 Å².